The third-order valence-corrected chi connectivity index (χ3v) is 6.90. The van der Waals surface area contributed by atoms with Gasteiger partial charge < -0.3 is 50.8 Å². The van der Waals surface area contributed by atoms with Crippen molar-refractivity contribution >= 4 is 34.2 Å². The molecule has 2 saturated heterocycles. The summed E-state index contributed by atoms with van der Waals surface area (Å²) in [6, 6.07) is 0. The Kier molecular flexibility index (Phi) is 6.91. The van der Waals surface area contributed by atoms with Crippen molar-refractivity contribution in [1.82, 2.24) is 39.0 Å². The largest absolute Gasteiger partial charge is 0.394 e. The van der Waals surface area contributed by atoms with E-state index in [1.54, 1.807) is 0 Å². The molecule has 6 heterocycles. The summed E-state index contributed by atoms with van der Waals surface area (Å²) in [5, 5.41) is 41.8. The second-order valence-corrected chi connectivity index (χ2v) is 9.45. The Bertz CT molecular complexity index is 1680. The van der Waals surface area contributed by atoms with Crippen molar-refractivity contribution < 1.29 is 39.4 Å². The highest BCUT2D eigenvalue weighted by Gasteiger charge is 2.47. The average molecular weight is 578 g/mol. The van der Waals surface area contributed by atoms with Gasteiger partial charge in [-0.3, -0.25) is 28.7 Å². The molecule has 0 aromatic carbocycles. The van der Waals surface area contributed by atoms with E-state index in [1.165, 1.54) is 21.8 Å². The van der Waals surface area contributed by atoms with Gasteiger partial charge in [0.2, 0.25) is 11.9 Å². The summed E-state index contributed by atoms with van der Waals surface area (Å²) >= 11 is 0. The van der Waals surface area contributed by atoms with E-state index in [-0.39, 0.29) is 40.8 Å². The molecule has 4 aromatic rings. The van der Waals surface area contributed by atoms with Crippen LogP contribution in [0.1, 0.15) is 12.5 Å². The quantitative estimate of drug-likeness (QED) is 0.0723. The van der Waals surface area contributed by atoms with Crippen molar-refractivity contribution in [3.8, 4) is 0 Å². The second kappa shape index (κ2) is 10.4. The SMILES string of the molecule is Nc1nc2c(ncn2C2OC(COCOC3C(CO)OC(n4cnc5c(=O)[nH]c(N)nc54)C3O)C(O)C2O)c(=O)[nH]1. The number of nitrogen functional groups attached to an aromatic ring is 2. The summed E-state index contributed by atoms with van der Waals surface area (Å²) in [4.78, 5) is 44.8. The van der Waals surface area contributed by atoms with Crippen molar-refractivity contribution in [2.75, 3.05) is 31.5 Å². The number of aromatic amines is 2. The fraction of sp³-hybridized carbons (Fsp3) is 0.524. The molecule has 0 spiro atoms. The van der Waals surface area contributed by atoms with Crippen molar-refractivity contribution in [2.24, 2.45) is 0 Å². The first-order valence-corrected chi connectivity index (χ1v) is 12.3. The Balaban J connectivity index is 1.09. The number of aromatic nitrogens is 8. The Morgan fingerprint density at radius 1 is 0.854 bits per heavy atom. The number of hydrogen-bond donors (Lipinski definition) is 8. The summed E-state index contributed by atoms with van der Waals surface area (Å²) in [7, 11) is 0. The normalized spacial score (nSPS) is 30.1. The van der Waals surface area contributed by atoms with E-state index >= 15 is 0 Å². The van der Waals surface area contributed by atoms with E-state index in [9.17, 15) is 30.0 Å². The van der Waals surface area contributed by atoms with Gasteiger partial charge in [-0.25, -0.2) is 9.97 Å². The van der Waals surface area contributed by atoms with Crippen LogP contribution >= 0.6 is 0 Å². The number of nitrogens with two attached hydrogens (primary N) is 2. The second-order valence-electron chi connectivity index (χ2n) is 9.45. The van der Waals surface area contributed by atoms with Crippen molar-refractivity contribution in [2.45, 2.75) is 49.1 Å². The molecule has 0 aliphatic carbocycles. The molecule has 0 amide bonds. The molecule has 20 heteroatoms. The minimum atomic E-state index is -1.42. The smallest absolute Gasteiger partial charge is 0.280 e. The number of hydrogen-bond acceptors (Lipinski definition) is 16. The molecule has 0 radical (unpaired) electrons. The molecular formula is C21H26N10O10. The highest BCUT2D eigenvalue weighted by Crippen LogP contribution is 2.34. The molecule has 6 rings (SSSR count). The number of nitrogens with zero attached hydrogens (tertiary/aromatic N) is 6. The first kappa shape index (κ1) is 27.2. The van der Waals surface area contributed by atoms with E-state index in [0.29, 0.717) is 0 Å². The van der Waals surface area contributed by atoms with Gasteiger partial charge >= 0.3 is 0 Å². The average Bonchev–Trinajstić information content (AvgIpc) is 3.68. The molecule has 2 aliphatic heterocycles. The Hall–Kier alpha value is -4.02. The van der Waals surface area contributed by atoms with Gasteiger partial charge in [0.1, 0.15) is 43.4 Å². The fourth-order valence-corrected chi connectivity index (χ4v) is 4.95. The van der Waals surface area contributed by atoms with E-state index in [2.05, 4.69) is 29.9 Å². The monoisotopic (exact) mass is 578 g/mol. The summed E-state index contributed by atoms with van der Waals surface area (Å²) in [6.45, 7) is -1.18. The molecular weight excluding hydrogens is 552 g/mol. The van der Waals surface area contributed by atoms with Crippen LogP contribution in [0.15, 0.2) is 22.2 Å². The molecule has 220 valence electrons. The lowest BCUT2D eigenvalue weighted by Crippen LogP contribution is -2.38. The molecule has 20 nitrogen and oxygen atoms in total. The Labute approximate surface area is 227 Å². The van der Waals surface area contributed by atoms with E-state index in [0.717, 1.165) is 0 Å². The summed E-state index contributed by atoms with van der Waals surface area (Å²) in [5.41, 5.74) is 10.2. The Morgan fingerprint density at radius 2 is 1.39 bits per heavy atom. The van der Waals surface area contributed by atoms with Crippen molar-refractivity contribution in [3.63, 3.8) is 0 Å². The van der Waals surface area contributed by atoms with Gasteiger partial charge in [0, 0.05) is 0 Å². The number of aliphatic hydroxyl groups is 4. The van der Waals surface area contributed by atoms with Crippen LogP contribution in [-0.4, -0.2) is 116 Å². The van der Waals surface area contributed by atoms with Crippen LogP contribution in [0.25, 0.3) is 22.3 Å². The highest BCUT2D eigenvalue weighted by atomic mass is 16.7. The zero-order valence-electron chi connectivity index (χ0n) is 21.0. The van der Waals surface area contributed by atoms with Crippen molar-refractivity contribution in [3.05, 3.63) is 33.4 Å². The van der Waals surface area contributed by atoms with E-state index in [1.807, 2.05) is 0 Å². The molecule has 10 N–H and O–H groups in total. The van der Waals surface area contributed by atoms with Crippen LogP contribution < -0.4 is 22.6 Å². The maximum absolute atomic E-state index is 12.1. The first-order valence-electron chi connectivity index (χ1n) is 12.3. The third kappa shape index (κ3) is 4.61. The lowest BCUT2D eigenvalue weighted by atomic mass is 10.1. The highest BCUT2D eigenvalue weighted by molar-refractivity contribution is 5.71. The maximum atomic E-state index is 12.1. The summed E-state index contributed by atoms with van der Waals surface area (Å²) in [5.74, 6) is -0.318. The van der Waals surface area contributed by atoms with Gasteiger partial charge in [0.05, 0.1) is 25.9 Å². The number of ether oxygens (including phenoxy) is 4. The minimum Gasteiger partial charge on any atom is -0.394 e. The molecule has 0 bridgehead atoms. The summed E-state index contributed by atoms with van der Waals surface area (Å²) in [6.07, 6.45) is -7.00. The number of imidazole rings is 2. The van der Waals surface area contributed by atoms with Crippen LogP contribution in [0.2, 0.25) is 0 Å². The number of fused-ring (bicyclic) bond motifs is 2. The van der Waals surface area contributed by atoms with Crippen LogP contribution in [0, 0.1) is 0 Å². The number of rotatable bonds is 8. The van der Waals surface area contributed by atoms with E-state index < -0.39 is 73.6 Å². The van der Waals surface area contributed by atoms with Gasteiger partial charge in [-0.15, -0.1) is 0 Å². The van der Waals surface area contributed by atoms with Crippen LogP contribution in [0.5, 0.6) is 0 Å². The zero-order chi connectivity index (χ0) is 29.0. The molecule has 8 unspecified atom stereocenters. The number of aliphatic hydroxyl groups excluding tert-OH is 4. The van der Waals surface area contributed by atoms with Crippen molar-refractivity contribution in [1.29, 1.82) is 0 Å². The number of nitrogens with one attached hydrogen (secondary N) is 2. The van der Waals surface area contributed by atoms with Gasteiger partial charge in [0.25, 0.3) is 11.1 Å². The lowest BCUT2D eigenvalue weighted by Gasteiger charge is -2.21. The van der Waals surface area contributed by atoms with Gasteiger partial charge in [-0.1, -0.05) is 0 Å². The fourth-order valence-electron chi connectivity index (χ4n) is 4.95. The van der Waals surface area contributed by atoms with Gasteiger partial charge in [-0.2, -0.15) is 9.97 Å². The van der Waals surface area contributed by atoms with Gasteiger partial charge in [-0.05, 0) is 0 Å². The van der Waals surface area contributed by atoms with E-state index in [4.69, 9.17) is 30.4 Å². The van der Waals surface area contributed by atoms with Crippen LogP contribution in [0.3, 0.4) is 0 Å². The molecule has 41 heavy (non-hydrogen) atoms. The predicted octanol–water partition coefficient (Wildman–Crippen LogP) is -4.35. The molecule has 8 atom stereocenters. The maximum Gasteiger partial charge on any atom is 0.280 e. The predicted molar refractivity (Wildman–Crippen MR) is 134 cm³/mol. The minimum absolute atomic E-state index is 0.0198. The Morgan fingerprint density at radius 3 is 1.95 bits per heavy atom. The first-order chi connectivity index (χ1) is 19.7. The third-order valence-electron chi connectivity index (χ3n) is 6.90. The van der Waals surface area contributed by atoms with Crippen LogP contribution in [-0.2, 0) is 18.9 Å². The lowest BCUT2D eigenvalue weighted by molar-refractivity contribution is -0.152. The zero-order valence-corrected chi connectivity index (χ0v) is 21.0. The molecule has 4 aromatic heterocycles. The topological polar surface area (TPSA) is 297 Å². The number of H-pyrrole nitrogens is 2. The standard InChI is InChI=1S/C21H26N10O10/c22-20-26-14-8(16(36)28-20)24-3-30(14)18-11(34)10(33)7(41-18)2-38-5-39-13-6(1-32)40-19(12(13)35)31-4-25-9-15(31)27-21(23)29-17(9)37/h3-4,6-7,10-13,18-19,32-35H,1-2,5H2,(H3,22,26,28,36)(H3,23,27,29,37). The molecule has 0 saturated carbocycles. The van der Waals surface area contributed by atoms with Crippen LogP contribution in [0.4, 0.5) is 11.9 Å². The summed E-state index contributed by atoms with van der Waals surface area (Å²) < 4.78 is 25.2. The molecule has 2 aliphatic rings. The molecule has 2 fully saturated rings. The number of anilines is 2. The van der Waals surface area contributed by atoms with Gasteiger partial charge in [0.15, 0.2) is 34.8 Å².